The third-order valence-corrected chi connectivity index (χ3v) is 4.08. The maximum absolute atomic E-state index is 4.73. The Morgan fingerprint density at radius 1 is 1.14 bits per heavy atom. The fraction of sp³-hybridized carbons (Fsp3) is 0.500. The fourth-order valence-corrected chi connectivity index (χ4v) is 2.89. The zero-order valence-electron chi connectivity index (χ0n) is 13.7. The van der Waals surface area contributed by atoms with E-state index >= 15 is 0 Å². The molecule has 0 aliphatic heterocycles. The lowest BCUT2D eigenvalue weighted by atomic mass is 10.1. The van der Waals surface area contributed by atoms with Gasteiger partial charge in [0.15, 0.2) is 0 Å². The summed E-state index contributed by atoms with van der Waals surface area (Å²) >= 11 is 0. The molecule has 0 radical (unpaired) electrons. The van der Waals surface area contributed by atoms with Gasteiger partial charge in [-0.25, -0.2) is 0 Å². The summed E-state index contributed by atoms with van der Waals surface area (Å²) in [7, 11) is 0. The maximum atomic E-state index is 4.73. The summed E-state index contributed by atoms with van der Waals surface area (Å²) in [5.41, 5.74) is 5.18. The quantitative estimate of drug-likeness (QED) is 0.838. The molecule has 3 heteroatoms. The van der Waals surface area contributed by atoms with E-state index in [0.29, 0.717) is 6.04 Å². The number of aromatic nitrogens is 2. The molecular weight excluding hydrogens is 258 g/mol. The van der Waals surface area contributed by atoms with Gasteiger partial charge in [0.05, 0.1) is 18.3 Å². The molecule has 1 heterocycles. The van der Waals surface area contributed by atoms with E-state index in [9.17, 15) is 0 Å². The first kappa shape index (κ1) is 15.8. The number of nitrogens with one attached hydrogen (secondary N) is 1. The molecule has 0 spiro atoms. The van der Waals surface area contributed by atoms with Crippen molar-refractivity contribution in [2.45, 2.75) is 53.1 Å². The van der Waals surface area contributed by atoms with Gasteiger partial charge < -0.3 is 5.32 Å². The summed E-state index contributed by atoms with van der Waals surface area (Å²) in [6, 6.07) is 11.0. The second-order valence-corrected chi connectivity index (χ2v) is 5.60. The van der Waals surface area contributed by atoms with Crippen LogP contribution in [-0.4, -0.2) is 16.3 Å². The lowest BCUT2D eigenvalue weighted by Crippen LogP contribution is -2.27. The van der Waals surface area contributed by atoms with Gasteiger partial charge in [-0.1, -0.05) is 44.2 Å². The van der Waals surface area contributed by atoms with Gasteiger partial charge in [-0.3, -0.25) is 4.68 Å². The Hall–Kier alpha value is -1.61. The second-order valence-electron chi connectivity index (χ2n) is 5.60. The van der Waals surface area contributed by atoms with Crippen LogP contribution >= 0.6 is 0 Å². The molecule has 2 rings (SSSR count). The van der Waals surface area contributed by atoms with Crippen molar-refractivity contribution >= 4 is 0 Å². The van der Waals surface area contributed by atoms with Crippen molar-refractivity contribution in [3.8, 4) is 0 Å². The van der Waals surface area contributed by atoms with Gasteiger partial charge in [0, 0.05) is 5.69 Å². The van der Waals surface area contributed by atoms with Gasteiger partial charge in [0.25, 0.3) is 0 Å². The van der Waals surface area contributed by atoms with Crippen LogP contribution in [-0.2, 0) is 13.0 Å². The van der Waals surface area contributed by atoms with E-state index in [2.05, 4.69) is 68.0 Å². The molecule has 3 nitrogen and oxygen atoms in total. The van der Waals surface area contributed by atoms with Crippen molar-refractivity contribution in [1.82, 2.24) is 15.1 Å². The zero-order chi connectivity index (χ0) is 15.2. The summed E-state index contributed by atoms with van der Waals surface area (Å²) in [4.78, 5) is 0. The van der Waals surface area contributed by atoms with Gasteiger partial charge in [0.1, 0.15) is 0 Å². The Morgan fingerprint density at radius 2 is 1.86 bits per heavy atom. The molecular formula is C18H27N3. The second kappa shape index (κ2) is 7.41. The first-order valence-electron chi connectivity index (χ1n) is 7.98. The standard InChI is InChI=1S/C18H27N3/c1-5-12-19-18(16-10-8-7-9-11-16)13-21-15(4)17(6-2)14(3)20-21/h7-11,18-19H,5-6,12-13H2,1-4H3. The number of aryl methyl sites for hydroxylation is 1. The molecule has 0 saturated heterocycles. The summed E-state index contributed by atoms with van der Waals surface area (Å²) < 4.78 is 2.16. The molecule has 1 unspecified atom stereocenters. The molecule has 0 aliphatic carbocycles. The molecule has 1 N–H and O–H groups in total. The predicted molar refractivity (Wildman–Crippen MR) is 88.6 cm³/mol. The topological polar surface area (TPSA) is 29.9 Å². The highest BCUT2D eigenvalue weighted by atomic mass is 15.3. The van der Waals surface area contributed by atoms with Crippen LogP contribution in [0.4, 0.5) is 0 Å². The smallest absolute Gasteiger partial charge is 0.0628 e. The lowest BCUT2D eigenvalue weighted by molar-refractivity contribution is 0.432. The minimum Gasteiger partial charge on any atom is -0.308 e. The van der Waals surface area contributed by atoms with Crippen LogP contribution in [0.3, 0.4) is 0 Å². The minimum absolute atomic E-state index is 0.314. The van der Waals surface area contributed by atoms with Crippen LogP contribution in [0.25, 0.3) is 0 Å². The third kappa shape index (κ3) is 3.73. The van der Waals surface area contributed by atoms with Gasteiger partial charge in [-0.15, -0.1) is 0 Å². The largest absolute Gasteiger partial charge is 0.308 e. The van der Waals surface area contributed by atoms with Crippen molar-refractivity contribution in [2.75, 3.05) is 6.54 Å². The van der Waals surface area contributed by atoms with E-state index in [1.807, 2.05) is 0 Å². The van der Waals surface area contributed by atoms with Crippen LogP contribution < -0.4 is 5.32 Å². The zero-order valence-corrected chi connectivity index (χ0v) is 13.7. The summed E-state index contributed by atoms with van der Waals surface area (Å²) in [5, 5.41) is 8.38. The molecule has 1 atom stereocenters. The highest BCUT2D eigenvalue weighted by Crippen LogP contribution is 2.19. The van der Waals surface area contributed by atoms with Gasteiger partial charge in [0.2, 0.25) is 0 Å². The van der Waals surface area contributed by atoms with E-state index in [-0.39, 0.29) is 0 Å². The van der Waals surface area contributed by atoms with E-state index in [4.69, 9.17) is 5.10 Å². The normalized spacial score (nSPS) is 12.6. The Kier molecular flexibility index (Phi) is 5.57. The molecule has 0 saturated carbocycles. The molecule has 114 valence electrons. The van der Waals surface area contributed by atoms with Gasteiger partial charge in [-0.05, 0) is 44.4 Å². The fourth-order valence-electron chi connectivity index (χ4n) is 2.89. The van der Waals surface area contributed by atoms with Crippen molar-refractivity contribution < 1.29 is 0 Å². The summed E-state index contributed by atoms with van der Waals surface area (Å²) in [6.07, 6.45) is 2.19. The SMILES string of the molecule is CCCNC(Cn1nc(C)c(CC)c1C)c1ccccc1. The Balaban J connectivity index is 2.23. The minimum atomic E-state index is 0.314. The van der Waals surface area contributed by atoms with Gasteiger partial charge >= 0.3 is 0 Å². The molecule has 21 heavy (non-hydrogen) atoms. The Bertz CT molecular complexity index is 557. The van der Waals surface area contributed by atoms with Gasteiger partial charge in [-0.2, -0.15) is 5.10 Å². The molecule has 0 fully saturated rings. The van der Waals surface area contributed by atoms with Crippen LogP contribution in [0.2, 0.25) is 0 Å². The highest BCUT2D eigenvalue weighted by Gasteiger charge is 2.15. The Labute approximate surface area is 128 Å². The lowest BCUT2D eigenvalue weighted by Gasteiger charge is -2.20. The number of rotatable bonds is 7. The molecule has 1 aromatic carbocycles. The highest BCUT2D eigenvalue weighted by molar-refractivity contribution is 5.25. The van der Waals surface area contributed by atoms with Crippen LogP contribution in [0.1, 0.15) is 48.8 Å². The Morgan fingerprint density at radius 3 is 2.43 bits per heavy atom. The number of hydrogen-bond donors (Lipinski definition) is 1. The monoisotopic (exact) mass is 285 g/mol. The van der Waals surface area contributed by atoms with Crippen LogP contribution in [0.15, 0.2) is 30.3 Å². The van der Waals surface area contributed by atoms with E-state index in [0.717, 1.165) is 31.6 Å². The molecule has 1 aromatic heterocycles. The van der Waals surface area contributed by atoms with Crippen molar-refractivity contribution in [3.05, 3.63) is 52.8 Å². The van der Waals surface area contributed by atoms with E-state index < -0.39 is 0 Å². The average molecular weight is 285 g/mol. The van der Waals surface area contributed by atoms with Crippen molar-refractivity contribution in [1.29, 1.82) is 0 Å². The number of nitrogens with zero attached hydrogens (tertiary/aromatic N) is 2. The summed E-state index contributed by atoms with van der Waals surface area (Å²) in [6.45, 7) is 10.6. The summed E-state index contributed by atoms with van der Waals surface area (Å²) in [5.74, 6) is 0. The number of benzene rings is 1. The molecule has 2 aromatic rings. The van der Waals surface area contributed by atoms with E-state index in [1.165, 1.54) is 16.8 Å². The molecule has 0 aliphatic rings. The first-order chi connectivity index (χ1) is 10.2. The number of hydrogen-bond acceptors (Lipinski definition) is 2. The predicted octanol–water partition coefficient (Wildman–Crippen LogP) is 3.80. The van der Waals surface area contributed by atoms with Crippen molar-refractivity contribution in [2.24, 2.45) is 0 Å². The average Bonchev–Trinajstić information content (AvgIpc) is 2.78. The maximum Gasteiger partial charge on any atom is 0.0628 e. The first-order valence-corrected chi connectivity index (χ1v) is 7.98. The van der Waals surface area contributed by atoms with Crippen LogP contribution in [0, 0.1) is 13.8 Å². The molecule has 0 bridgehead atoms. The third-order valence-electron chi connectivity index (χ3n) is 4.08. The van der Waals surface area contributed by atoms with Crippen LogP contribution in [0.5, 0.6) is 0 Å². The van der Waals surface area contributed by atoms with E-state index in [1.54, 1.807) is 0 Å². The van der Waals surface area contributed by atoms with Crippen molar-refractivity contribution in [3.63, 3.8) is 0 Å². The molecule has 0 amide bonds.